The Kier molecular flexibility index (Phi) is 5.09. The Morgan fingerprint density at radius 2 is 2.17 bits per heavy atom. The highest BCUT2D eigenvalue weighted by Crippen LogP contribution is 2.14. The second-order valence-electron chi connectivity index (χ2n) is 4.25. The third-order valence-corrected chi connectivity index (χ3v) is 2.95. The summed E-state index contributed by atoms with van der Waals surface area (Å²) in [6.45, 7) is 3.65. The van der Waals surface area contributed by atoms with E-state index in [9.17, 15) is 9.59 Å². The fraction of sp³-hybridized carbons (Fsp3) is 0.417. The number of carboxylic acids is 1. The number of carbonyl (C=O) groups excluding carboxylic acids is 1. The van der Waals surface area contributed by atoms with Gasteiger partial charge >= 0.3 is 5.97 Å². The van der Waals surface area contributed by atoms with Gasteiger partial charge in [-0.05, 0) is 12.0 Å². The van der Waals surface area contributed by atoms with Gasteiger partial charge in [0.1, 0.15) is 0 Å². The molecule has 0 aliphatic rings. The number of rotatable bonds is 5. The second-order valence-corrected chi connectivity index (χ2v) is 4.66. The number of halogens is 1. The van der Waals surface area contributed by atoms with E-state index in [-0.39, 0.29) is 18.0 Å². The monoisotopic (exact) mass is 270 g/mol. The lowest BCUT2D eigenvalue weighted by atomic mass is 9.96. The summed E-state index contributed by atoms with van der Waals surface area (Å²) in [6, 6.07) is 1.51. The third-order valence-electron chi connectivity index (χ3n) is 2.62. The van der Waals surface area contributed by atoms with E-state index in [2.05, 4.69) is 10.3 Å². The fourth-order valence-electron chi connectivity index (χ4n) is 1.45. The van der Waals surface area contributed by atoms with E-state index in [1.807, 2.05) is 0 Å². The Bertz CT molecular complexity index is 449. The first-order valence-corrected chi connectivity index (χ1v) is 5.91. The molecular weight excluding hydrogens is 256 g/mol. The van der Waals surface area contributed by atoms with Crippen LogP contribution in [0.3, 0.4) is 0 Å². The first-order valence-electron chi connectivity index (χ1n) is 5.54. The molecule has 0 radical (unpaired) electrons. The van der Waals surface area contributed by atoms with E-state index in [0.717, 1.165) is 0 Å². The molecule has 0 saturated heterocycles. The van der Waals surface area contributed by atoms with Crippen molar-refractivity contribution in [3.8, 4) is 0 Å². The summed E-state index contributed by atoms with van der Waals surface area (Å²) < 4.78 is 0. The molecule has 5 nitrogen and oxygen atoms in total. The van der Waals surface area contributed by atoms with Crippen LogP contribution in [0.15, 0.2) is 18.5 Å². The fourth-order valence-corrected chi connectivity index (χ4v) is 1.64. The Labute approximate surface area is 110 Å². The first-order chi connectivity index (χ1) is 8.43. The molecule has 0 bridgehead atoms. The number of pyridine rings is 1. The molecule has 1 unspecified atom stereocenters. The average molecular weight is 271 g/mol. The van der Waals surface area contributed by atoms with Crippen LogP contribution in [0, 0.1) is 11.8 Å². The van der Waals surface area contributed by atoms with Crippen LogP contribution in [0.1, 0.15) is 24.2 Å². The van der Waals surface area contributed by atoms with Gasteiger partial charge in [-0.25, -0.2) is 0 Å². The minimum Gasteiger partial charge on any atom is -0.481 e. The molecule has 1 atom stereocenters. The van der Waals surface area contributed by atoms with Crippen molar-refractivity contribution in [2.24, 2.45) is 11.8 Å². The topological polar surface area (TPSA) is 79.3 Å². The van der Waals surface area contributed by atoms with Crippen molar-refractivity contribution in [2.45, 2.75) is 13.8 Å². The predicted molar refractivity (Wildman–Crippen MR) is 67.5 cm³/mol. The van der Waals surface area contributed by atoms with Crippen LogP contribution < -0.4 is 5.32 Å². The van der Waals surface area contributed by atoms with Gasteiger partial charge in [0.2, 0.25) is 0 Å². The molecule has 0 aromatic carbocycles. The molecule has 0 aliphatic heterocycles. The number of carboxylic acid groups (broad SMARTS) is 1. The van der Waals surface area contributed by atoms with Crippen molar-refractivity contribution in [1.82, 2.24) is 10.3 Å². The maximum Gasteiger partial charge on any atom is 0.308 e. The van der Waals surface area contributed by atoms with Gasteiger partial charge in [-0.2, -0.15) is 0 Å². The Morgan fingerprint density at radius 1 is 1.50 bits per heavy atom. The van der Waals surface area contributed by atoms with Gasteiger partial charge < -0.3 is 10.4 Å². The molecule has 0 spiro atoms. The number of amides is 1. The van der Waals surface area contributed by atoms with Crippen LogP contribution in [0.5, 0.6) is 0 Å². The number of aliphatic carboxylic acids is 1. The minimum atomic E-state index is -0.928. The summed E-state index contributed by atoms with van der Waals surface area (Å²) in [5.41, 5.74) is 0.243. The number of hydrogen-bond donors (Lipinski definition) is 2. The van der Waals surface area contributed by atoms with E-state index in [1.54, 1.807) is 13.8 Å². The largest absolute Gasteiger partial charge is 0.481 e. The smallest absolute Gasteiger partial charge is 0.308 e. The van der Waals surface area contributed by atoms with Gasteiger partial charge in [-0.15, -0.1) is 0 Å². The molecule has 0 fully saturated rings. The maximum atomic E-state index is 11.8. The van der Waals surface area contributed by atoms with Crippen molar-refractivity contribution in [2.75, 3.05) is 6.54 Å². The molecule has 1 aromatic heterocycles. The van der Waals surface area contributed by atoms with E-state index in [0.29, 0.717) is 5.02 Å². The molecule has 1 heterocycles. The van der Waals surface area contributed by atoms with Gasteiger partial charge in [0, 0.05) is 18.9 Å². The highest BCUT2D eigenvalue weighted by atomic mass is 35.5. The molecule has 2 N–H and O–H groups in total. The van der Waals surface area contributed by atoms with Gasteiger partial charge in [-0.3, -0.25) is 14.6 Å². The number of nitrogens with one attached hydrogen (secondary N) is 1. The first kappa shape index (κ1) is 14.4. The van der Waals surface area contributed by atoms with Gasteiger partial charge in [0.05, 0.1) is 16.5 Å². The highest BCUT2D eigenvalue weighted by molar-refractivity contribution is 6.33. The minimum absolute atomic E-state index is 0.0628. The van der Waals surface area contributed by atoms with Crippen molar-refractivity contribution >= 4 is 23.5 Å². The summed E-state index contributed by atoms with van der Waals surface area (Å²) in [6.07, 6.45) is 2.83. The number of aromatic nitrogens is 1. The number of nitrogens with zero attached hydrogens (tertiary/aromatic N) is 1. The van der Waals surface area contributed by atoms with E-state index >= 15 is 0 Å². The maximum absolute atomic E-state index is 11.8. The quantitative estimate of drug-likeness (QED) is 0.855. The van der Waals surface area contributed by atoms with Gasteiger partial charge in [0.15, 0.2) is 0 Å². The van der Waals surface area contributed by atoms with Crippen LogP contribution in [-0.2, 0) is 4.79 Å². The van der Waals surface area contributed by atoms with Crippen LogP contribution in [0.4, 0.5) is 0 Å². The molecule has 18 heavy (non-hydrogen) atoms. The zero-order chi connectivity index (χ0) is 13.7. The summed E-state index contributed by atoms with van der Waals surface area (Å²) in [7, 11) is 0. The molecule has 1 amide bonds. The Balaban J connectivity index is 2.66. The van der Waals surface area contributed by atoms with Gasteiger partial charge in [0.25, 0.3) is 5.91 Å². The molecule has 1 aromatic rings. The van der Waals surface area contributed by atoms with Crippen molar-refractivity contribution in [3.63, 3.8) is 0 Å². The van der Waals surface area contributed by atoms with Crippen molar-refractivity contribution in [1.29, 1.82) is 0 Å². The summed E-state index contributed by atoms with van der Waals surface area (Å²) in [5.74, 6) is -2.03. The van der Waals surface area contributed by atoms with Crippen LogP contribution in [0.2, 0.25) is 5.02 Å². The number of carbonyl (C=O) groups is 2. The molecule has 0 aliphatic carbocycles. The number of hydrogen-bond acceptors (Lipinski definition) is 3. The molecule has 1 rings (SSSR count). The second kappa shape index (κ2) is 6.35. The standard InChI is InChI=1S/C12H15ClN2O3/c1-7(2)8(12(17)18)6-15-11(16)9-5-14-4-3-10(9)13/h3-5,7-8H,6H2,1-2H3,(H,15,16)(H,17,18). The van der Waals surface area contributed by atoms with E-state index in [1.165, 1.54) is 18.5 Å². The van der Waals surface area contributed by atoms with Crippen LogP contribution in [0.25, 0.3) is 0 Å². The van der Waals surface area contributed by atoms with Crippen molar-refractivity contribution < 1.29 is 14.7 Å². The van der Waals surface area contributed by atoms with Gasteiger partial charge in [-0.1, -0.05) is 25.4 Å². The van der Waals surface area contributed by atoms with E-state index < -0.39 is 17.8 Å². The lowest BCUT2D eigenvalue weighted by Crippen LogP contribution is -2.35. The molecule has 98 valence electrons. The predicted octanol–water partition coefficient (Wildman–Crippen LogP) is 1.82. The Hall–Kier alpha value is -1.62. The highest BCUT2D eigenvalue weighted by Gasteiger charge is 2.22. The summed E-state index contributed by atoms with van der Waals surface area (Å²) in [5, 5.41) is 11.8. The van der Waals surface area contributed by atoms with Crippen molar-refractivity contribution in [3.05, 3.63) is 29.0 Å². The normalized spacial score (nSPS) is 12.2. The molecule has 6 heteroatoms. The molecular formula is C12H15ClN2O3. The zero-order valence-corrected chi connectivity index (χ0v) is 10.9. The lowest BCUT2D eigenvalue weighted by Gasteiger charge is -2.16. The lowest BCUT2D eigenvalue weighted by molar-refractivity contribution is -0.142. The average Bonchev–Trinajstić information content (AvgIpc) is 2.28. The summed E-state index contributed by atoms with van der Waals surface area (Å²) in [4.78, 5) is 26.6. The Morgan fingerprint density at radius 3 is 2.67 bits per heavy atom. The summed E-state index contributed by atoms with van der Waals surface area (Å²) >= 11 is 5.84. The van der Waals surface area contributed by atoms with E-state index in [4.69, 9.17) is 16.7 Å². The molecule has 0 saturated carbocycles. The van der Waals surface area contributed by atoms with Crippen LogP contribution in [-0.4, -0.2) is 28.5 Å². The zero-order valence-electron chi connectivity index (χ0n) is 10.2. The SMILES string of the molecule is CC(C)C(CNC(=O)c1cnccc1Cl)C(=O)O. The third kappa shape index (κ3) is 3.70. The van der Waals surface area contributed by atoms with Crippen LogP contribution >= 0.6 is 11.6 Å².